The van der Waals surface area contributed by atoms with Gasteiger partial charge in [0.15, 0.2) is 0 Å². The zero-order valence-corrected chi connectivity index (χ0v) is 11.7. The number of aromatic nitrogens is 2. The zero-order valence-electron chi connectivity index (χ0n) is 11.7. The molecule has 1 aromatic rings. The van der Waals surface area contributed by atoms with Gasteiger partial charge in [0.05, 0.1) is 26.7 Å². The van der Waals surface area contributed by atoms with E-state index in [4.69, 9.17) is 9.15 Å². The average Bonchev–Trinajstić information content (AvgIpc) is 2.89. The van der Waals surface area contributed by atoms with Gasteiger partial charge in [-0.15, -0.1) is 10.2 Å². The van der Waals surface area contributed by atoms with Gasteiger partial charge in [0.2, 0.25) is 11.8 Å². The molecule has 1 heterocycles. The van der Waals surface area contributed by atoms with E-state index in [1.807, 2.05) is 11.8 Å². The normalized spacial score (nSPS) is 10.9. The van der Waals surface area contributed by atoms with E-state index < -0.39 is 0 Å². The smallest absolute Gasteiger partial charge is 0.306 e. The quantitative estimate of drug-likeness (QED) is 0.610. The van der Waals surface area contributed by atoms with Crippen molar-refractivity contribution < 1.29 is 18.7 Å². The minimum absolute atomic E-state index is 0.234. The van der Waals surface area contributed by atoms with E-state index >= 15 is 0 Å². The van der Waals surface area contributed by atoms with Crippen LogP contribution >= 0.6 is 0 Å². The van der Waals surface area contributed by atoms with E-state index in [9.17, 15) is 4.79 Å². The molecule has 19 heavy (non-hydrogen) atoms. The summed E-state index contributed by atoms with van der Waals surface area (Å²) in [6, 6.07) is 0. The number of methoxy groups -OCH3 is 2. The second-order valence-corrected chi connectivity index (χ2v) is 4.04. The second kappa shape index (κ2) is 8.60. The summed E-state index contributed by atoms with van der Waals surface area (Å²) in [5.74, 6) is 0.940. The van der Waals surface area contributed by atoms with Gasteiger partial charge in [-0.1, -0.05) is 6.92 Å². The molecule has 0 saturated heterocycles. The summed E-state index contributed by atoms with van der Waals surface area (Å²) in [5.41, 5.74) is 0. The molecule has 0 aliphatic carbocycles. The summed E-state index contributed by atoms with van der Waals surface area (Å²) >= 11 is 0. The van der Waals surface area contributed by atoms with Gasteiger partial charge in [-0.2, -0.15) is 0 Å². The van der Waals surface area contributed by atoms with Crippen LogP contribution in [0, 0.1) is 0 Å². The minimum atomic E-state index is -0.234. The highest BCUT2D eigenvalue weighted by Crippen LogP contribution is 2.05. The molecule has 1 aromatic heterocycles. The Labute approximate surface area is 112 Å². The lowest BCUT2D eigenvalue weighted by molar-refractivity contribution is -0.141. The molecule has 108 valence electrons. The molecule has 1 rings (SSSR count). The Morgan fingerprint density at radius 3 is 2.58 bits per heavy atom. The van der Waals surface area contributed by atoms with E-state index in [0.717, 1.165) is 0 Å². The largest absolute Gasteiger partial charge is 0.469 e. The van der Waals surface area contributed by atoms with Gasteiger partial charge in [-0.25, -0.2) is 0 Å². The van der Waals surface area contributed by atoms with Gasteiger partial charge in [-0.05, 0) is 0 Å². The SMILES string of the molecule is CCc1nnc(CN(CCOC)CCC(=O)OC)o1. The summed E-state index contributed by atoms with van der Waals surface area (Å²) in [7, 11) is 3.02. The first-order chi connectivity index (χ1) is 9.19. The summed E-state index contributed by atoms with van der Waals surface area (Å²) < 4.78 is 15.1. The maximum Gasteiger partial charge on any atom is 0.306 e. The van der Waals surface area contributed by atoms with E-state index in [-0.39, 0.29) is 5.97 Å². The highest BCUT2D eigenvalue weighted by molar-refractivity contribution is 5.69. The maximum absolute atomic E-state index is 11.2. The van der Waals surface area contributed by atoms with E-state index in [1.165, 1.54) is 7.11 Å². The molecule has 0 aromatic carbocycles. The molecule has 7 nitrogen and oxygen atoms in total. The molecule has 0 unspecified atom stereocenters. The van der Waals surface area contributed by atoms with Crippen LogP contribution in [0.1, 0.15) is 25.1 Å². The molecule has 7 heteroatoms. The average molecular weight is 271 g/mol. The van der Waals surface area contributed by atoms with Gasteiger partial charge in [0, 0.05) is 26.6 Å². The molecule has 0 saturated carbocycles. The molecule has 0 aliphatic rings. The Bertz CT molecular complexity index is 381. The number of aryl methyl sites for hydroxylation is 1. The van der Waals surface area contributed by atoms with Crippen molar-refractivity contribution in [2.24, 2.45) is 0 Å². The molecule has 0 amide bonds. The van der Waals surface area contributed by atoms with Gasteiger partial charge in [0.25, 0.3) is 0 Å². The predicted octanol–water partition coefficient (Wildman–Crippen LogP) is 0.643. The molecular formula is C12H21N3O4. The third-order valence-electron chi connectivity index (χ3n) is 2.64. The van der Waals surface area contributed by atoms with E-state index in [0.29, 0.717) is 50.9 Å². The van der Waals surface area contributed by atoms with Crippen molar-refractivity contribution in [3.05, 3.63) is 11.8 Å². The molecule has 0 atom stereocenters. The van der Waals surface area contributed by atoms with Crippen LogP contribution in [-0.4, -0.2) is 55.0 Å². The first-order valence-corrected chi connectivity index (χ1v) is 6.29. The first kappa shape index (κ1) is 15.6. The number of hydrogen-bond donors (Lipinski definition) is 0. The van der Waals surface area contributed by atoms with Crippen molar-refractivity contribution in [3.63, 3.8) is 0 Å². The third kappa shape index (κ3) is 5.80. The van der Waals surface area contributed by atoms with Crippen molar-refractivity contribution in [1.82, 2.24) is 15.1 Å². The van der Waals surface area contributed by atoms with Crippen LogP contribution in [-0.2, 0) is 27.2 Å². The number of ether oxygens (including phenoxy) is 2. The van der Waals surface area contributed by atoms with Crippen LogP contribution < -0.4 is 0 Å². The summed E-state index contributed by atoms with van der Waals surface area (Å²) in [4.78, 5) is 13.2. The molecule has 0 spiro atoms. The lowest BCUT2D eigenvalue weighted by Crippen LogP contribution is -2.29. The van der Waals surface area contributed by atoms with Crippen molar-refractivity contribution in [2.45, 2.75) is 26.3 Å². The number of hydrogen-bond acceptors (Lipinski definition) is 7. The van der Waals surface area contributed by atoms with Crippen LogP contribution in [0.2, 0.25) is 0 Å². The first-order valence-electron chi connectivity index (χ1n) is 6.29. The monoisotopic (exact) mass is 271 g/mol. The van der Waals surface area contributed by atoms with Gasteiger partial charge >= 0.3 is 5.97 Å². The Morgan fingerprint density at radius 2 is 2.00 bits per heavy atom. The summed E-state index contributed by atoms with van der Waals surface area (Å²) in [5, 5.41) is 7.88. The zero-order chi connectivity index (χ0) is 14.1. The van der Waals surface area contributed by atoms with Crippen LogP contribution in [0.15, 0.2) is 4.42 Å². The Hall–Kier alpha value is -1.47. The van der Waals surface area contributed by atoms with Gasteiger partial charge in [-0.3, -0.25) is 9.69 Å². The minimum Gasteiger partial charge on any atom is -0.469 e. The van der Waals surface area contributed by atoms with E-state index in [1.54, 1.807) is 7.11 Å². The summed E-state index contributed by atoms with van der Waals surface area (Å²) in [6.45, 7) is 4.30. The molecule has 0 bridgehead atoms. The fraction of sp³-hybridized carbons (Fsp3) is 0.750. The van der Waals surface area contributed by atoms with Crippen molar-refractivity contribution in [1.29, 1.82) is 0 Å². The van der Waals surface area contributed by atoms with Crippen molar-refractivity contribution in [3.8, 4) is 0 Å². The van der Waals surface area contributed by atoms with Crippen molar-refractivity contribution >= 4 is 5.97 Å². The Morgan fingerprint density at radius 1 is 1.26 bits per heavy atom. The lowest BCUT2D eigenvalue weighted by Gasteiger charge is -2.19. The van der Waals surface area contributed by atoms with Crippen LogP contribution in [0.25, 0.3) is 0 Å². The predicted molar refractivity (Wildman–Crippen MR) is 67.5 cm³/mol. The fourth-order valence-electron chi connectivity index (χ4n) is 1.53. The number of carbonyl (C=O) groups excluding carboxylic acids is 1. The molecule has 0 N–H and O–H groups in total. The van der Waals surface area contributed by atoms with E-state index in [2.05, 4.69) is 14.9 Å². The molecule has 0 aliphatic heterocycles. The number of rotatable bonds is 9. The van der Waals surface area contributed by atoms with Crippen LogP contribution in [0.4, 0.5) is 0 Å². The lowest BCUT2D eigenvalue weighted by atomic mass is 10.3. The molecule has 0 radical (unpaired) electrons. The maximum atomic E-state index is 11.2. The van der Waals surface area contributed by atoms with Crippen molar-refractivity contribution in [2.75, 3.05) is 33.9 Å². The highest BCUT2D eigenvalue weighted by atomic mass is 16.5. The third-order valence-corrected chi connectivity index (χ3v) is 2.64. The Balaban J connectivity index is 2.50. The van der Waals surface area contributed by atoms with Crippen LogP contribution in [0.5, 0.6) is 0 Å². The van der Waals surface area contributed by atoms with Gasteiger partial charge < -0.3 is 13.9 Å². The highest BCUT2D eigenvalue weighted by Gasteiger charge is 2.13. The molecular weight excluding hydrogens is 250 g/mol. The number of esters is 1. The Kier molecular flexibility index (Phi) is 7.06. The number of nitrogens with zero attached hydrogens (tertiary/aromatic N) is 3. The summed E-state index contributed by atoms with van der Waals surface area (Å²) in [6.07, 6.45) is 1.04. The second-order valence-electron chi connectivity index (χ2n) is 4.04. The van der Waals surface area contributed by atoms with Gasteiger partial charge in [0.1, 0.15) is 0 Å². The number of carbonyl (C=O) groups is 1. The van der Waals surface area contributed by atoms with Crippen LogP contribution in [0.3, 0.4) is 0 Å². The topological polar surface area (TPSA) is 77.7 Å². The standard InChI is InChI=1S/C12H21N3O4/c1-4-10-13-14-11(19-10)9-15(7-8-17-2)6-5-12(16)18-3/h4-9H2,1-3H3. The molecule has 0 fully saturated rings. The fourth-order valence-corrected chi connectivity index (χ4v) is 1.53.